The van der Waals surface area contributed by atoms with E-state index in [4.69, 9.17) is 16.3 Å². The van der Waals surface area contributed by atoms with Gasteiger partial charge in [0.2, 0.25) is 11.8 Å². The third-order valence-electron chi connectivity index (χ3n) is 8.95. The highest BCUT2D eigenvalue weighted by atomic mass is 35.5. The first kappa shape index (κ1) is 31.3. The standard InChI is InChI=1S/C32H44ClN3O5/c1-5-18-34(19-6-2)28(38)25-26-29(39)36(21-10-8-9-11-22-37)27(32(26)17-16-31(25,4)41-32)30(40)35(20-7-3)24-14-12-23(33)13-15-24/h5,7,12-15,25-27,37H,1,3,6,8-11,16-22H2,2,4H3/t25-,26-,27?,31+,32?/m0/s1. The molecule has 0 aliphatic carbocycles. The summed E-state index contributed by atoms with van der Waals surface area (Å²) in [5, 5.41) is 9.74. The second-order valence-corrected chi connectivity index (χ2v) is 12.1. The molecule has 3 amide bonds. The van der Waals surface area contributed by atoms with Crippen LogP contribution in [0.3, 0.4) is 0 Å². The molecule has 3 saturated heterocycles. The molecular weight excluding hydrogens is 542 g/mol. The van der Waals surface area contributed by atoms with Gasteiger partial charge in [-0.15, -0.1) is 13.2 Å². The van der Waals surface area contributed by atoms with Crippen LogP contribution < -0.4 is 4.90 Å². The highest BCUT2D eigenvalue weighted by Gasteiger charge is 2.78. The molecule has 5 atom stereocenters. The van der Waals surface area contributed by atoms with Crippen molar-refractivity contribution in [3.63, 3.8) is 0 Å². The minimum Gasteiger partial charge on any atom is -0.396 e. The maximum atomic E-state index is 14.6. The number of hydrogen-bond acceptors (Lipinski definition) is 5. The Bertz CT molecular complexity index is 1140. The second kappa shape index (κ2) is 13.1. The van der Waals surface area contributed by atoms with Crippen molar-refractivity contribution in [2.24, 2.45) is 11.8 Å². The largest absolute Gasteiger partial charge is 0.396 e. The quantitative estimate of drug-likeness (QED) is 0.240. The van der Waals surface area contributed by atoms with E-state index in [1.54, 1.807) is 51.1 Å². The summed E-state index contributed by atoms with van der Waals surface area (Å²) in [6.07, 6.45) is 8.32. The Morgan fingerprint density at radius 3 is 2.41 bits per heavy atom. The molecule has 41 heavy (non-hydrogen) atoms. The van der Waals surface area contributed by atoms with Gasteiger partial charge < -0.3 is 24.5 Å². The van der Waals surface area contributed by atoms with E-state index >= 15 is 0 Å². The van der Waals surface area contributed by atoms with Gasteiger partial charge in [-0.1, -0.05) is 43.5 Å². The maximum Gasteiger partial charge on any atom is 0.253 e. The topological polar surface area (TPSA) is 90.4 Å². The van der Waals surface area contributed by atoms with Gasteiger partial charge >= 0.3 is 0 Å². The molecular formula is C32H44ClN3O5. The molecule has 224 valence electrons. The molecule has 2 bridgehead atoms. The van der Waals surface area contributed by atoms with E-state index in [1.165, 1.54) is 0 Å². The number of likely N-dealkylation sites (tertiary alicyclic amines) is 1. The van der Waals surface area contributed by atoms with Gasteiger partial charge in [0.05, 0.1) is 17.4 Å². The molecule has 9 heteroatoms. The highest BCUT2D eigenvalue weighted by Crippen LogP contribution is 2.63. The van der Waals surface area contributed by atoms with Crippen LogP contribution in [0.25, 0.3) is 0 Å². The fourth-order valence-corrected chi connectivity index (χ4v) is 7.33. The molecule has 0 radical (unpaired) electrons. The number of hydrogen-bond donors (Lipinski definition) is 1. The molecule has 0 saturated carbocycles. The molecule has 3 fully saturated rings. The van der Waals surface area contributed by atoms with Crippen LogP contribution in [-0.2, 0) is 19.1 Å². The van der Waals surface area contributed by atoms with E-state index in [1.807, 2.05) is 13.8 Å². The Morgan fingerprint density at radius 2 is 1.78 bits per heavy atom. The van der Waals surface area contributed by atoms with Gasteiger partial charge in [0.15, 0.2) is 0 Å². The summed E-state index contributed by atoms with van der Waals surface area (Å²) in [5.41, 5.74) is -1.27. The zero-order valence-electron chi connectivity index (χ0n) is 24.4. The van der Waals surface area contributed by atoms with Crippen LogP contribution in [0.2, 0.25) is 5.02 Å². The van der Waals surface area contributed by atoms with Crippen LogP contribution in [0.4, 0.5) is 5.69 Å². The molecule has 3 heterocycles. The van der Waals surface area contributed by atoms with Crippen molar-refractivity contribution < 1.29 is 24.2 Å². The van der Waals surface area contributed by atoms with Gasteiger partial charge in [0, 0.05) is 43.5 Å². The van der Waals surface area contributed by atoms with E-state index in [2.05, 4.69) is 13.2 Å². The minimum absolute atomic E-state index is 0.106. The molecule has 1 spiro atoms. The highest BCUT2D eigenvalue weighted by molar-refractivity contribution is 6.30. The van der Waals surface area contributed by atoms with Crippen molar-refractivity contribution >= 4 is 35.0 Å². The summed E-state index contributed by atoms with van der Waals surface area (Å²) in [5.74, 6) is -1.94. The molecule has 4 rings (SSSR count). The monoisotopic (exact) mass is 585 g/mol. The predicted octanol–water partition coefficient (Wildman–Crippen LogP) is 4.60. The van der Waals surface area contributed by atoms with Crippen LogP contribution in [0, 0.1) is 11.8 Å². The molecule has 2 unspecified atom stereocenters. The van der Waals surface area contributed by atoms with Crippen molar-refractivity contribution in [2.45, 2.75) is 76.0 Å². The van der Waals surface area contributed by atoms with Gasteiger partial charge in [0.25, 0.3) is 5.91 Å². The van der Waals surface area contributed by atoms with Crippen molar-refractivity contribution in [3.8, 4) is 0 Å². The Kier molecular flexibility index (Phi) is 9.98. The fourth-order valence-electron chi connectivity index (χ4n) is 7.20. The number of carbonyl (C=O) groups is 3. The second-order valence-electron chi connectivity index (χ2n) is 11.7. The summed E-state index contributed by atoms with van der Waals surface area (Å²) in [6, 6.07) is 6.16. The van der Waals surface area contributed by atoms with Crippen LogP contribution in [0.5, 0.6) is 0 Å². The number of fused-ring (bicyclic) bond motifs is 1. The summed E-state index contributed by atoms with van der Waals surface area (Å²) >= 11 is 6.14. The van der Waals surface area contributed by atoms with Gasteiger partial charge in [-0.3, -0.25) is 14.4 Å². The number of aliphatic hydroxyl groups is 1. The average molecular weight is 586 g/mol. The summed E-state index contributed by atoms with van der Waals surface area (Å²) in [4.78, 5) is 48.1. The smallest absolute Gasteiger partial charge is 0.253 e. The zero-order valence-corrected chi connectivity index (χ0v) is 25.2. The van der Waals surface area contributed by atoms with E-state index in [9.17, 15) is 19.5 Å². The number of carbonyl (C=O) groups excluding carboxylic acids is 3. The predicted molar refractivity (Wildman–Crippen MR) is 161 cm³/mol. The van der Waals surface area contributed by atoms with E-state index in [-0.39, 0.29) is 30.9 Å². The van der Waals surface area contributed by atoms with Gasteiger partial charge in [0.1, 0.15) is 11.6 Å². The number of unbranched alkanes of at least 4 members (excludes halogenated alkanes) is 3. The number of rotatable bonds is 15. The molecule has 1 aromatic carbocycles. The number of anilines is 1. The Balaban J connectivity index is 1.75. The summed E-state index contributed by atoms with van der Waals surface area (Å²) in [6.45, 7) is 13.4. The maximum absolute atomic E-state index is 14.6. The number of halogens is 1. The number of amides is 3. The third-order valence-corrected chi connectivity index (χ3v) is 9.21. The Hall–Kier alpha value is -2.68. The van der Waals surface area contributed by atoms with E-state index in [0.29, 0.717) is 56.0 Å². The number of ether oxygens (including phenoxy) is 1. The number of aliphatic hydroxyl groups excluding tert-OH is 1. The van der Waals surface area contributed by atoms with E-state index < -0.39 is 29.1 Å². The lowest BCUT2D eigenvalue weighted by Crippen LogP contribution is -2.56. The SMILES string of the molecule is C=CCN(CCC)C(=O)[C@@H]1[C@H]2C(=O)N(CCCCCCO)C(C(=O)N(CC=C)c3ccc(Cl)cc3)C23CC[C@@]1(C)O3. The van der Waals surface area contributed by atoms with Crippen molar-refractivity contribution in [1.29, 1.82) is 0 Å². The normalized spacial score (nSPS) is 28.0. The fraction of sp³-hybridized carbons (Fsp3) is 0.594. The first-order valence-corrected chi connectivity index (χ1v) is 15.3. The van der Waals surface area contributed by atoms with Crippen LogP contribution in [0.1, 0.15) is 58.8 Å². The Labute approximate surface area is 248 Å². The molecule has 1 aromatic rings. The molecule has 3 aliphatic rings. The van der Waals surface area contributed by atoms with Gasteiger partial charge in [-0.25, -0.2) is 0 Å². The molecule has 8 nitrogen and oxygen atoms in total. The number of benzene rings is 1. The third kappa shape index (κ3) is 5.71. The molecule has 3 aliphatic heterocycles. The van der Waals surface area contributed by atoms with Gasteiger partial charge in [-0.2, -0.15) is 0 Å². The van der Waals surface area contributed by atoms with Crippen LogP contribution in [0.15, 0.2) is 49.6 Å². The average Bonchev–Trinajstić information content (AvgIpc) is 3.52. The lowest BCUT2D eigenvalue weighted by atomic mass is 9.66. The van der Waals surface area contributed by atoms with Crippen molar-refractivity contribution in [1.82, 2.24) is 9.80 Å². The lowest BCUT2D eigenvalue weighted by molar-refractivity contribution is -0.149. The van der Waals surface area contributed by atoms with Crippen LogP contribution in [-0.4, -0.2) is 82.7 Å². The zero-order chi connectivity index (χ0) is 29.8. The van der Waals surface area contributed by atoms with Crippen molar-refractivity contribution in [3.05, 3.63) is 54.6 Å². The van der Waals surface area contributed by atoms with Crippen molar-refractivity contribution in [2.75, 3.05) is 37.7 Å². The minimum atomic E-state index is -1.09. The number of nitrogens with zero attached hydrogens (tertiary/aromatic N) is 3. The van der Waals surface area contributed by atoms with E-state index in [0.717, 1.165) is 19.3 Å². The first-order chi connectivity index (χ1) is 19.7. The Morgan fingerprint density at radius 1 is 1.10 bits per heavy atom. The molecule has 1 N–H and O–H groups in total. The lowest BCUT2D eigenvalue weighted by Gasteiger charge is -2.37. The molecule has 0 aromatic heterocycles. The summed E-state index contributed by atoms with van der Waals surface area (Å²) < 4.78 is 6.81. The van der Waals surface area contributed by atoms with Crippen LogP contribution >= 0.6 is 11.6 Å². The first-order valence-electron chi connectivity index (χ1n) is 14.9. The summed E-state index contributed by atoms with van der Waals surface area (Å²) in [7, 11) is 0. The van der Waals surface area contributed by atoms with Gasteiger partial charge in [-0.05, 0) is 63.3 Å².